The van der Waals surface area contributed by atoms with Crippen molar-refractivity contribution in [2.45, 2.75) is 19.4 Å². The van der Waals surface area contributed by atoms with Gasteiger partial charge in [0, 0.05) is 4.47 Å². The van der Waals surface area contributed by atoms with E-state index in [1.165, 1.54) is 6.07 Å². The SMILES string of the molecule is CCC(NC(=S)Nc1ccc(Br)cc1F)c1ccc(OC)c(OC)c1. The minimum Gasteiger partial charge on any atom is -0.493 e. The number of nitrogens with one attached hydrogen (secondary N) is 2. The number of anilines is 1. The second kappa shape index (κ2) is 9.01. The predicted molar refractivity (Wildman–Crippen MR) is 106 cm³/mol. The highest BCUT2D eigenvalue weighted by atomic mass is 79.9. The molecule has 0 heterocycles. The Kier molecular flexibility index (Phi) is 7.01. The molecule has 0 amide bonds. The van der Waals surface area contributed by atoms with Crippen molar-refractivity contribution in [3.63, 3.8) is 0 Å². The van der Waals surface area contributed by atoms with Gasteiger partial charge in [-0.25, -0.2) is 4.39 Å². The van der Waals surface area contributed by atoms with Crippen LogP contribution in [0, 0.1) is 5.82 Å². The number of hydrogen-bond donors (Lipinski definition) is 2. The molecule has 1 atom stereocenters. The van der Waals surface area contributed by atoms with E-state index in [-0.39, 0.29) is 11.9 Å². The lowest BCUT2D eigenvalue weighted by atomic mass is 10.0. The van der Waals surface area contributed by atoms with Gasteiger partial charge in [0.15, 0.2) is 16.6 Å². The molecule has 0 aromatic heterocycles. The van der Waals surface area contributed by atoms with Gasteiger partial charge in [0.05, 0.1) is 25.9 Å². The van der Waals surface area contributed by atoms with E-state index in [4.69, 9.17) is 21.7 Å². The van der Waals surface area contributed by atoms with Crippen molar-refractivity contribution in [1.82, 2.24) is 5.32 Å². The van der Waals surface area contributed by atoms with Crippen molar-refractivity contribution in [2.24, 2.45) is 0 Å². The third-order valence-electron chi connectivity index (χ3n) is 3.70. The topological polar surface area (TPSA) is 42.5 Å². The number of thiocarbonyl (C=S) groups is 1. The number of rotatable bonds is 6. The number of benzene rings is 2. The Morgan fingerprint density at radius 1 is 1.16 bits per heavy atom. The molecular formula is C18H20BrFN2O2S. The summed E-state index contributed by atoms with van der Waals surface area (Å²) >= 11 is 8.56. The van der Waals surface area contributed by atoms with E-state index in [1.807, 2.05) is 25.1 Å². The van der Waals surface area contributed by atoms with Crippen LogP contribution < -0.4 is 20.1 Å². The van der Waals surface area contributed by atoms with Gasteiger partial charge >= 0.3 is 0 Å². The molecule has 0 fully saturated rings. The van der Waals surface area contributed by atoms with Crippen LogP contribution in [0.25, 0.3) is 0 Å². The Hall–Kier alpha value is -1.86. The lowest BCUT2D eigenvalue weighted by Crippen LogP contribution is -2.32. The van der Waals surface area contributed by atoms with Crippen molar-refractivity contribution in [3.8, 4) is 11.5 Å². The Labute approximate surface area is 160 Å². The molecule has 7 heteroatoms. The lowest BCUT2D eigenvalue weighted by molar-refractivity contribution is 0.354. The lowest BCUT2D eigenvalue weighted by Gasteiger charge is -2.21. The second-order valence-electron chi connectivity index (χ2n) is 5.30. The smallest absolute Gasteiger partial charge is 0.171 e. The molecule has 0 spiro atoms. The molecule has 134 valence electrons. The fourth-order valence-corrected chi connectivity index (χ4v) is 2.98. The van der Waals surface area contributed by atoms with Crippen LogP contribution in [-0.4, -0.2) is 19.3 Å². The summed E-state index contributed by atoms with van der Waals surface area (Å²) in [5, 5.41) is 6.45. The molecule has 2 aromatic rings. The highest BCUT2D eigenvalue weighted by Gasteiger charge is 2.14. The summed E-state index contributed by atoms with van der Waals surface area (Å²) in [6.45, 7) is 2.04. The van der Waals surface area contributed by atoms with Crippen LogP contribution in [0.1, 0.15) is 24.9 Å². The maximum absolute atomic E-state index is 13.9. The highest BCUT2D eigenvalue weighted by molar-refractivity contribution is 9.10. The van der Waals surface area contributed by atoms with E-state index in [2.05, 4.69) is 26.6 Å². The first-order valence-corrected chi connectivity index (χ1v) is 8.93. The third-order valence-corrected chi connectivity index (χ3v) is 4.42. The van der Waals surface area contributed by atoms with E-state index in [1.54, 1.807) is 26.4 Å². The van der Waals surface area contributed by atoms with Crippen molar-refractivity contribution < 1.29 is 13.9 Å². The molecule has 4 nitrogen and oxygen atoms in total. The van der Waals surface area contributed by atoms with E-state index < -0.39 is 0 Å². The first-order chi connectivity index (χ1) is 12.0. The largest absolute Gasteiger partial charge is 0.493 e. The zero-order valence-corrected chi connectivity index (χ0v) is 16.6. The quantitative estimate of drug-likeness (QED) is 0.633. The Bertz CT molecular complexity index is 758. The monoisotopic (exact) mass is 426 g/mol. The molecule has 0 bridgehead atoms. The molecule has 0 saturated heterocycles. The van der Waals surface area contributed by atoms with Gasteiger partial charge < -0.3 is 20.1 Å². The molecule has 2 N–H and O–H groups in total. The normalized spacial score (nSPS) is 11.6. The van der Waals surface area contributed by atoms with Crippen molar-refractivity contribution in [3.05, 3.63) is 52.3 Å². The van der Waals surface area contributed by atoms with Gasteiger partial charge in [0.25, 0.3) is 0 Å². The second-order valence-corrected chi connectivity index (χ2v) is 6.62. The molecule has 0 saturated carbocycles. The van der Waals surface area contributed by atoms with Crippen LogP contribution in [0.3, 0.4) is 0 Å². The molecular weight excluding hydrogens is 407 g/mol. The van der Waals surface area contributed by atoms with Gasteiger partial charge in [-0.3, -0.25) is 0 Å². The average Bonchev–Trinajstić information content (AvgIpc) is 2.61. The fourth-order valence-electron chi connectivity index (χ4n) is 2.40. The van der Waals surface area contributed by atoms with Gasteiger partial charge in [0.2, 0.25) is 0 Å². The van der Waals surface area contributed by atoms with E-state index >= 15 is 0 Å². The third kappa shape index (κ3) is 5.06. The molecule has 0 radical (unpaired) electrons. The summed E-state index contributed by atoms with van der Waals surface area (Å²) in [5.74, 6) is 0.939. The summed E-state index contributed by atoms with van der Waals surface area (Å²) < 4.78 is 25.2. The van der Waals surface area contributed by atoms with Gasteiger partial charge in [-0.15, -0.1) is 0 Å². The van der Waals surface area contributed by atoms with E-state index in [0.717, 1.165) is 12.0 Å². The molecule has 2 aromatic carbocycles. The van der Waals surface area contributed by atoms with Gasteiger partial charge in [-0.05, 0) is 54.5 Å². The highest BCUT2D eigenvalue weighted by Crippen LogP contribution is 2.31. The summed E-state index contributed by atoms with van der Waals surface area (Å²) in [6.07, 6.45) is 0.792. The minimum atomic E-state index is -0.377. The molecule has 0 aliphatic heterocycles. The Morgan fingerprint density at radius 2 is 1.88 bits per heavy atom. The molecule has 0 aliphatic rings. The summed E-state index contributed by atoms with van der Waals surface area (Å²) in [7, 11) is 3.19. The van der Waals surface area contributed by atoms with Crippen LogP contribution >= 0.6 is 28.1 Å². The molecule has 25 heavy (non-hydrogen) atoms. The van der Waals surface area contributed by atoms with Crippen LogP contribution in [0.5, 0.6) is 11.5 Å². The number of halogens is 2. The first-order valence-electron chi connectivity index (χ1n) is 7.73. The zero-order chi connectivity index (χ0) is 18.4. The standard InChI is InChI=1S/C18H20BrFN2O2S/c1-4-14(11-5-8-16(23-2)17(9-11)24-3)21-18(25)22-15-7-6-12(19)10-13(15)20/h5-10,14H,4H2,1-3H3,(H2,21,22,25). The Morgan fingerprint density at radius 3 is 2.48 bits per heavy atom. The number of ether oxygens (including phenoxy) is 2. The number of hydrogen-bond acceptors (Lipinski definition) is 3. The van der Waals surface area contributed by atoms with Gasteiger partial charge in [-0.2, -0.15) is 0 Å². The van der Waals surface area contributed by atoms with Crippen LogP contribution in [0.4, 0.5) is 10.1 Å². The van der Waals surface area contributed by atoms with E-state index in [0.29, 0.717) is 26.8 Å². The predicted octanol–water partition coefficient (Wildman–Crippen LogP) is 5.04. The molecule has 2 rings (SSSR count). The van der Waals surface area contributed by atoms with Crippen LogP contribution in [0.15, 0.2) is 40.9 Å². The maximum Gasteiger partial charge on any atom is 0.171 e. The summed E-state index contributed by atoms with van der Waals surface area (Å²) in [6, 6.07) is 10.4. The van der Waals surface area contributed by atoms with E-state index in [9.17, 15) is 4.39 Å². The van der Waals surface area contributed by atoms with Crippen molar-refractivity contribution in [2.75, 3.05) is 19.5 Å². The summed E-state index contributed by atoms with van der Waals surface area (Å²) in [5.41, 5.74) is 1.32. The maximum atomic E-state index is 13.9. The van der Waals surface area contributed by atoms with Gasteiger partial charge in [0.1, 0.15) is 5.82 Å². The molecule has 0 aliphatic carbocycles. The van der Waals surface area contributed by atoms with Crippen molar-refractivity contribution >= 4 is 38.9 Å². The number of methoxy groups -OCH3 is 2. The van der Waals surface area contributed by atoms with Gasteiger partial charge in [-0.1, -0.05) is 28.9 Å². The first kappa shape index (κ1) is 19.5. The van der Waals surface area contributed by atoms with Crippen molar-refractivity contribution in [1.29, 1.82) is 0 Å². The zero-order valence-electron chi connectivity index (χ0n) is 14.2. The van der Waals surface area contributed by atoms with Crippen LogP contribution in [0.2, 0.25) is 0 Å². The minimum absolute atomic E-state index is 0.0432. The Balaban J connectivity index is 2.12. The molecule has 1 unspecified atom stereocenters. The van der Waals surface area contributed by atoms with Crippen LogP contribution in [-0.2, 0) is 0 Å². The summed E-state index contributed by atoms with van der Waals surface area (Å²) in [4.78, 5) is 0. The fraction of sp³-hybridized carbons (Fsp3) is 0.278. The average molecular weight is 427 g/mol.